The maximum atomic E-state index is 13.0. The van der Waals surface area contributed by atoms with Crippen molar-refractivity contribution in [2.24, 2.45) is 0 Å². The molecule has 0 aliphatic rings. The Bertz CT molecular complexity index is 312. The van der Waals surface area contributed by atoms with Gasteiger partial charge in [-0.15, -0.1) is 0 Å². The van der Waals surface area contributed by atoms with Crippen LogP contribution in [-0.4, -0.2) is 6.61 Å². The van der Waals surface area contributed by atoms with Crippen molar-refractivity contribution in [3.05, 3.63) is 35.1 Å². The Balaban J connectivity index is 2.72. The number of hydrogen-bond donors (Lipinski definition) is 0. The highest BCUT2D eigenvalue weighted by molar-refractivity contribution is 5.19. The Hall–Kier alpha value is -1.03. The second kappa shape index (κ2) is 5.00. The van der Waals surface area contributed by atoms with Crippen molar-refractivity contribution in [3.63, 3.8) is 0 Å². The number of hydrogen-bond acceptors (Lipinski definition) is 1. The van der Waals surface area contributed by atoms with E-state index in [0.717, 1.165) is 12.5 Å². The fourth-order valence-electron chi connectivity index (χ4n) is 1.00. The Labute approximate surface area is 80.5 Å². The molecule has 1 aromatic carbocycles. The first kappa shape index (κ1) is 11.0. The van der Waals surface area contributed by atoms with Crippen LogP contribution in [0.15, 0.2) is 12.1 Å². The highest BCUT2D eigenvalue weighted by Gasteiger charge is 2.09. The van der Waals surface area contributed by atoms with Gasteiger partial charge in [-0.1, -0.05) is 6.92 Å². The second-order valence-corrected chi connectivity index (χ2v) is 2.91. The largest absolute Gasteiger partial charge is 0.377 e. The zero-order valence-corrected chi connectivity index (χ0v) is 7.82. The molecule has 14 heavy (non-hydrogen) atoms. The molecule has 0 bridgehead atoms. The van der Waals surface area contributed by atoms with Crippen LogP contribution in [0.1, 0.15) is 18.9 Å². The van der Waals surface area contributed by atoms with E-state index in [1.807, 2.05) is 6.92 Å². The second-order valence-electron chi connectivity index (χ2n) is 2.91. The molecule has 0 N–H and O–H groups in total. The van der Waals surface area contributed by atoms with Gasteiger partial charge in [0.1, 0.15) is 5.82 Å². The number of halogens is 3. The number of rotatable bonds is 4. The lowest BCUT2D eigenvalue weighted by atomic mass is 10.2. The molecule has 0 unspecified atom stereocenters. The van der Waals surface area contributed by atoms with Crippen molar-refractivity contribution in [2.75, 3.05) is 6.61 Å². The lowest BCUT2D eigenvalue weighted by Crippen LogP contribution is -1.99. The van der Waals surface area contributed by atoms with Crippen LogP contribution in [0, 0.1) is 17.5 Å². The van der Waals surface area contributed by atoms with Gasteiger partial charge in [-0.2, -0.15) is 0 Å². The number of benzene rings is 1. The summed E-state index contributed by atoms with van der Waals surface area (Å²) in [7, 11) is 0. The Morgan fingerprint density at radius 1 is 1.07 bits per heavy atom. The standard InChI is InChI=1S/C10H11F3O/c1-2-3-14-6-7-4-9(12)10(13)5-8(7)11/h4-5H,2-3,6H2,1H3. The summed E-state index contributed by atoms with van der Waals surface area (Å²) in [6.45, 7) is 2.34. The summed E-state index contributed by atoms with van der Waals surface area (Å²) in [5.74, 6) is -3.01. The molecule has 0 amide bonds. The zero-order chi connectivity index (χ0) is 10.6. The van der Waals surface area contributed by atoms with Crippen molar-refractivity contribution >= 4 is 0 Å². The normalized spacial score (nSPS) is 10.6. The minimum atomic E-state index is -1.18. The molecule has 1 aromatic rings. The quantitative estimate of drug-likeness (QED) is 0.541. The van der Waals surface area contributed by atoms with Crippen molar-refractivity contribution < 1.29 is 17.9 Å². The molecule has 1 nitrogen and oxygen atoms in total. The van der Waals surface area contributed by atoms with E-state index in [-0.39, 0.29) is 12.2 Å². The fourth-order valence-corrected chi connectivity index (χ4v) is 1.00. The van der Waals surface area contributed by atoms with Crippen molar-refractivity contribution in [2.45, 2.75) is 20.0 Å². The minimum absolute atomic E-state index is 0.0309. The summed E-state index contributed by atoms with van der Waals surface area (Å²) in [6, 6.07) is 1.35. The third-order valence-electron chi connectivity index (χ3n) is 1.70. The molecule has 78 valence electrons. The van der Waals surface area contributed by atoms with E-state index in [1.165, 1.54) is 0 Å². The SMILES string of the molecule is CCCOCc1cc(F)c(F)cc1F. The topological polar surface area (TPSA) is 9.23 Å². The zero-order valence-electron chi connectivity index (χ0n) is 7.82. The number of ether oxygens (including phenoxy) is 1. The molecule has 0 atom stereocenters. The average molecular weight is 204 g/mol. The Kier molecular flexibility index (Phi) is 3.95. The molecule has 4 heteroatoms. The molecule has 0 heterocycles. The molecular formula is C10H11F3O. The summed E-state index contributed by atoms with van der Waals surface area (Å²) in [5.41, 5.74) is 0.0392. The van der Waals surface area contributed by atoms with Crippen LogP contribution in [0.25, 0.3) is 0 Å². The first-order valence-corrected chi connectivity index (χ1v) is 4.36. The van der Waals surface area contributed by atoms with E-state index >= 15 is 0 Å². The lowest BCUT2D eigenvalue weighted by molar-refractivity contribution is 0.118. The molecular weight excluding hydrogens is 193 g/mol. The molecule has 0 radical (unpaired) electrons. The van der Waals surface area contributed by atoms with Gasteiger partial charge in [0.25, 0.3) is 0 Å². The molecule has 1 rings (SSSR count). The summed E-state index contributed by atoms with van der Waals surface area (Å²) < 4.78 is 43.1. The fraction of sp³-hybridized carbons (Fsp3) is 0.400. The van der Waals surface area contributed by atoms with Gasteiger partial charge >= 0.3 is 0 Å². The van der Waals surface area contributed by atoms with E-state index in [4.69, 9.17) is 4.74 Å². The molecule has 0 aliphatic carbocycles. The minimum Gasteiger partial charge on any atom is -0.377 e. The van der Waals surface area contributed by atoms with Gasteiger partial charge in [0.15, 0.2) is 11.6 Å². The van der Waals surface area contributed by atoms with Crippen LogP contribution in [0.3, 0.4) is 0 Å². The molecule has 0 fully saturated rings. The van der Waals surface area contributed by atoms with Crippen molar-refractivity contribution in [1.82, 2.24) is 0 Å². The van der Waals surface area contributed by atoms with Crippen LogP contribution in [0.5, 0.6) is 0 Å². The first-order chi connectivity index (χ1) is 6.65. The monoisotopic (exact) mass is 204 g/mol. The third kappa shape index (κ3) is 2.73. The van der Waals surface area contributed by atoms with Crippen LogP contribution in [0.4, 0.5) is 13.2 Å². The molecule has 0 aromatic heterocycles. The summed E-state index contributed by atoms with van der Waals surface area (Å²) >= 11 is 0. The van der Waals surface area contributed by atoms with Crippen LogP contribution < -0.4 is 0 Å². The lowest BCUT2D eigenvalue weighted by Gasteiger charge is -2.04. The van der Waals surface area contributed by atoms with Gasteiger partial charge in [0.05, 0.1) is 6.61 Å². The van der Waals surface area contributed by atoms with Crippen LogP contribution in [-0.2, 0) is 11.3 Å². The van der Waals surface area contributed by atoms with Gasteiger partial charge in [-0.3, -0.25) is 0 Å². The molecule has 0 aliphatic heterocycles. The summed E-state index contributed by atoms with van der Waals surface area (Å²) in [4.78, 5) is 0. The Morgan fingerprint density at radius 3 is 2.36 bits per heavy atom. The Morgan fingerprint density at radius 2 is 1.71 bits per heavy atom. The van der Waals surface area contributed by atoms with E-state index < -0.39 is 17.5 Å². The molecule has 0 saturated carbocycles. The van der Waals surface area contributed by atoms with E-state index in [9.17, 15) is 13.2 Å². The molecule has 0 spiro atoms. The van der Waals surface area contributed by atoms with Crippen LogP contribution >= 0.6 is 0 Å². The average Bonchev–Trinajstić information content (AvgIpc) is 2.14. The van der Waals surface area contributed by atoms with Gasteiger partial charge in [0.2, 0.25) is 0 Å². The maximum Gasteiger partial charge on any atom is 0.161 e. The smallest absolute Gasteiger partial charge is 0.161 e. The van der Waals surface area contributed by atoms with Crippen molar-refractivity contribution in [1.29, 1.82) is 0 Å². The van der Waals surface area contributed by atoms with Crippen molar-refractivity contribution in [3.8, 4) is 0 Å². The first-order valence-electron chi connectivity index (χ1n) is 4.36. The van der Waals surface area contributed by atoms with Gasteiger partial charge < -0.3 is 4.74 Å². The van der Waals surface area contributed by atoms with Crippen LogP contribution in [0.2, 0.25) is 0 Å². The van der Waals surface area contributed by atoms with Gasteiger partial charge in [-0.05, 0) is 12.5 Å². The van der Waals surface area contributed by atoms with E-state index in [1.54, 1.807) is 0 Å². The van der Waals surface area contributed by atoms with Gasteiger partial charge in [-0.25, -0.2) is 13.2 Å². The maximum absolute atomic E-state index is 13.0. The highest BCUT2D eigenvalue weighted by atomic mass is 19.2. The predicted molar refractivity (Wildman–Crippen MR) is 46.3 cm³/mol. The summed E-state index contributed by atoms with van der Waals surface area (Å²) in [5, 5.41) is 0. The predicted octanol–water partition coefficient (Wildman–Crippen LogP) is 3.03. The summed E-state index contributed by atoms with van der Waals surface area (Å²) in [6.07, 6.45) is 0.797. The molecule has 0 saturated heterocycles. The van der Waals surface area contributed by atoms with Gasteiger partial charge in [0, 0.05) is 18.2 Å². The van der Waals surface area contributed by atoms with E-state index in [0.29, 0.717) is 12.7 Å². The van der Waals surface area contributed by atoms with E-state index in [2.05, 4.69) is 0 Å². The highest BCUT2D eigenvalue weighted by Crippen LogP contribution is 2.14. The third-order valence-corrected chi connectivity index (χ3v) is 1.70.